The molecule has 0 aliphatic rings. The molecule has 0 amide bonds. The summed E-state index contributed by atoms with van der Waals surface area (Å²) < 4.78 is 6.27. The van der Waals surface area contributed by atoms with Gasteiger partial charge in [-0.3, -0.25) is 3.97 Å². The van der Waals surface area contributed by atoms with Crippen LogP contribution in [0, 0.1) is 0 Å². The Hall–Kier alpha value is -1.68. The molecular formula is C12H11NO2S. The van der Waals surface area contributed by atoms with E-state index in [9.17, 15) is 4.79 Å². The lowest BCUT2D eigenvalue weighted by Gasteiger charge is -1.97. The lowest BCUT2D eigenvalue weighted by atomic mass is 10.1. The topological polar surface area (TPSA) is 31.2 Å². The molecule has 2 rings (SSSR count). The molecular weight excluding hydrogens is 222 g/mol. The Kier molecular flexibility index (Phi) is 3.01. The van der Waals surface area contributed by atoms with Crippen LogP contribution in [0.3, 0.4) is 0 Å². The number of fused-ring (bicyclic) bond motifs is 1. The molecule has 1 heterocycles. The first-order valence-corrected chi connectivity index (χ1v) is 5.17. The van der Waals surface area contributed by atoms with Crippen molar-refractivity contribution in [2.45, 2.75) is 0 Å². The summed E-state index contributed by atoms with van der Waals surface area (Å²) in [5.74, 6) is -0.355. The lowest BCUT2D eigenvalue weighted by Crippen LogP contribution is -1.93. The number of rotatable bonds is 2. The second kappa shape index (κ2) is 4.45. The average molecular weight is 233 g/mol. The fourth-order valence-corrected chi connectivity index (χ4v) is 1.73. The molecule has 16 heavy (non-hydrogen) atoms. The molecule has 0 bridgehead atoms. The van der Waals surface area contributed by atoms with Crippen molar-refractivity contribution in [1.29, 1.82) is 0 Å². The van der Waals surface area contributed by atoms with Crippen LogP contribution in [0.15, 0.2) is 36.5 Å². The maximum atomic E-state index is 10.9. The number of carbonyl (C=O) groups excluding carboxylic acids is 1. The molecule has 1 aromatic carbocycles. The van der Waals surface area contributed by atoms with Gasteiger partial charge in [-0.05, 0) is 29.8 Å². The second-order valence-electron chi connectivity index (χ2n) is 3.34. The summed E-state index contributed by atoms with van der Waals surface area (Å²) in [5, 5.41) is 1.09. The van der Waals surface area contributed by atoms with Gasteiger partial charge in [-0.15, -0.1) is 0 Å². The monoisotopic (exact) mass is 233 g/mol. The van der Waals surface area contributed by atoms with Crippen LogP contribution in [0.2, 0.25) is 0 Å². The molecule has 0 N–H and O–H groups in total. The van der Waals surface area contributed by atoms with Crippen molar-refractivity contribution in [1.82, 2.24) is 3.97 Å². The van der Waals surface area contributed by atoms with E-state index in [0.29, 0.717) is 0 Å². The summed E-state index contributed by atoms with van der Waals surface area (Å²) in [4.78, 5) is 10.9. The fraction of sp³-hybridized carbons (Fsp3) is 0.0833. The van der Waals surface area contributed by atoms with Crippen molar-refractivity contribution in [2.24, 2.45) is 0 Å². The van der Waals surface area contributed by atoms with Crippen molar-refractivity contribution in [3.05, 3.63) is 42.1 Å². The third kappa shape index (κ3) is 2.12. The Morgan fingerprint density at radius 1 is 1.44 bits per heavy atom. The van der Waals surface area contributed by atoms with Gasteiger partial charge < -0.3 is 4.74 Å². The Morgan fingerprint density at radius 3 is 3.00 bits per heavy atom. The van der Waals surface area contributed by atoms with Crippen LogP contribution in [0.1, 0.15) is 5.56 Å². The van der Waals surface area contributed by atoms with Gasteiger partial charge in [-0.2, -0.15) is 0 Å². The Labute approximate surface area is 98.9 Å². The van der Waals surface area contributed by atoms with Gasteiger partial charge in [0.15, 0.2) is 0 Å². The van der Waals surface area contributed by atoms with E-state index in [-0.39, 0.29) is 5.97 Å². The van der Waals surface area contributed by atoms with Crippen LogP contribution in [-0.2, 0) is 9.53 Å². The molecule has 1 aromatic heterocycles. The minimum atomic E-state index is -0.355. The molecule has 4 heteroatoms. The normalized spacial score (nSPS) is 11.1. The van der Waals surface area contributed by atoms with Crippen LogP contribution >= 0.6 is 12.8 Å². The largest absolute Gasteiger partial charge is 0.466 e. The van der Waals surface area contributed by atoms with E-state index in [2.05, 4.69) is 17.6 Å². The number of aromatic nitrogens is 1. The van der Waals surface area contributed by atoms with E-state index in [0.717, 1.165) is 16.5 Å². The molecule has 0 unspecified atom stereocenters. The van der Waals surface area contributed by atoms with Crippen LogP contribution in [0.4, 0.5) is 0 Å². The predicted molar refractivity (Wildman–Crippen MR) is 67.4 cm³/mol. The smallest absolute Gasteiger partial charge is 0.330 e. The third-order valence-corrected chi connectivity index (χ3v) is 2.66. The third-order valence-electron chi connectivity index (χ3n) is 2.31. The number of ether oxygens (including phenoxy) is 1. The highest BCUT2D eigenvalue weighted by Crippen LogP contribution is 2.19. The Bertz CT molecular complexity index is 557. The molecule has 0 fully saturated rings. The van der Waals surface area contributed by atoms with Gasteiger partial charge in [0.25, 0.3) is 0 Å². The Balaban J connectivity index is 2.33. The van der Waals surface area contributed by atoms with Crippen molar-refractivity contribution < 1.29 is 9.53 Å². The van der Waals surface area contributed by atoms with E-state index in [1.54, 1.807) is 10.0 Å². The molecule has 0 saturated heterocycles. The molecule has 0 radical (unpaired) electrons. The van der Waals surface area contributed by atoms with Crippen LogP contribution in [0.5, 0.6) is 0 Å². The minimum Gasteiger partial charge on any atom is -0.466 e. The molecule has 3 nitrogen and oxygen atoms in total. The molecule has 82 valence electrons. The van der Waals surface area contributed by atoms with E-state index in [1.807, 2.05) is 30.5 Å². The number of nitrogens with zero attached hydrogens (tertiary/aromatic N) is 1. The number of hydrogen-bond acceptors (Lipinski definition) is 3. The average Bonchev–Trinajstić information content (AvgIpc) is 2.67. The number of hydrogen-bond donors (Lipinski definition) is 1. The van der Waals surface area contributed by atoms with Crippen molar-refractivity contribution in [3.8, 4) is 0 Å². The Morgan fingerprint density at radius 2 is 2.25 bits per heavy atom. The fourth-order valence-electron chi connectivity index (χ4n) is 1.48. The number of esters is 1. The van der Waals surface area contributed by atoms with Gasteiger partial charge in [0.05, 0.1) is 12.6 Å². The van der Waals surface area contributed by atoms with Crippen LogP contribution in [0.25, 0.3) is 17.0 Å². The summed E-state index contributed by atoms with van der Waals surface area (Å²) in [7, 11) is 1.36. The van der Waals surface area contributed by atoms with Crippen molar-refractivity contribution in [2.75, 3.05) is 7.11 Å². The summed E-state index contributed by atoms with van der Waals surface area (Å²) in [6.45, 7) is 0. The second-order valence-corrected chi connectivity index (χ2v) is 3.77. The van der Waals surface area contributed by atoms with Gasteiger partial charge in [-0.1, -0.05) is 18.9 Å². The number of thiol groups is 1. The molecule has 2 aromatic rings. The number of methoxy groups -OCH3 is 1. The number of carbonyl (C=O) groups is 1. The van der Waals surface area contributed by atoms with E-state index >= 15 is 0 Å². The van der Waals surface area contributed by atoms with Gasteiger partial charge in [-0.25, -0.2) is 4.79 Å². The molecule has 0 atom stereocenters. The lowest BCUT2D eigenvalue weighted by molar-refractivity contribution is -0.134. The first kappa shape index (κ1) is 10.8. The summed E-state index contributed by atoms with van der Waals surface area (Å²) >= 11 is 4.26. The molecule has 0 aliphatic carbocycles. The van der Waals surface area contributed by atoms with Crippen LogP contribution < -0.4 is 0 Å². The SMILES string of the molecule is COC(=O)/C=C/c1ccc2c(ccn2S)c1. The first-order valence-electron chi connectivity index (χ1n) is 4.77. The first-order chi connectivity index (χ1) is 7.70. The molecule has 0 spiro atoms. The van der Waals surface area contributed by atoms with Gasteiger partial charge in [0.2, 0.25) is 0 Å². The minimum absolute atomic E-state index is 0.355. The summed E-state index contributed by atoms with van der Waals surface area (Å²) in [6.07, 6.45) is 5.00. The predicted octanol–water partition coefficient (Wildman–Crippen LogP) is 2.52. The number of benzene rings is 1. The maximum absolute atomic E-state index is 10.9. The van der Waals surface area contributed by atoms with Gasteiger partial charge >= 0.3 is 5.97 Å². The van der Waals surface area contributed by atoms with E-state index < -0.39 is 0 Å². The molecule has 0 aliphatic heterocycles. The van der Waals surface area contributed by atoms with Crippen molar-refractivity contribution in [3.63, 3.8) is 0 Å². The van der Waals surface area contributed by atoms with Crippen molar-refractivity contribution >= 4 is 35.8 Å². The van der Waals surface area contributed by atoms with Gasteiger partial charge in [0, 0.05) is 17.7 Å². The van der Waals surface area contributed by atoms with Gasteiger partial charge in [0.1, 0.15) is 0 Å². The zero-order valence-corrected chi connectivity index (χ0v) is 9.65. The quantitative estimate of drug-likeness (QED) is 0.491. The zero-order chi connectivity index (χ0) is 11.5. The van der Waals surface area contributed by atoms with E-state index in [4.69, 9.17) is 0 Å². The summed E-state index contributed by atoms with van der Waals surface area (Å²) in [5.41, 5.74) is 2.00. The highest BCUT2D eigenvalue weighted by atomic mass is 32.1. The summed E-state index contributed by atoms with van der Waals surface area (Å²) in [6, 6.07) is 7.84. The standard InChI is InChI=1S/C12H11NO2S/c1-15-12(14)5-3-9-2-4-11-10(8-9)6-7-13(11)16/h2-8,16H,1H3/b5-3+. The highest BCUT2D eigenvalue weighted by Gasteiger charge is 1.98. The zero-order valence-electron chi connectivity index (χ0n) is 8.75. The van der Waals surface area contributed by atoms with Crippen LogP contribution in [-0.4, -0.2) is 17.1 Å². The van der Waals surface area contributed by atoms with E-state index in [1.165, 1.54) is 13.2 Å². The highest BCUT2D eigenvalue weighted by molar-refractivity contribution is 7.78. The maximum Gasteiger partial charge on any atom is 0.330 e. The molecule has 0 saturated carbocycles.